The molecule has 1 saturated heterocycles. The van der Waals surface area contributed by atoms with Crippen LogP contribution in [0, 0.1) is 0 Å². The molecule has 2 amide bonds. The summed E-state index contributed by atoms with van der Waals surface area (Å²) < 4.78 is 26.8. The third-order valence-electron chi connectivity index (χ3n) is 5.37. The number of amides is 2. The van der Waals surface area contributed by atoms with Crippen molar-refractivity contribution < 1.29 is 33.1 Å². The topological polar surface area (TPSA) is 112 Å². The van der Waals surface area contributed by atoms with E-state index in [-0.39, 0.29) is 36.6 Å². The molecule has 0 bridgehead atoms. The predicted molar refractivity (Wildman–Crippen MR) is 119 cm³/mol. The molecule has 1 unspecified atom stereocenters. The first-order valence-electron chi connectivity index (χ1n) is 10.9. The van der Waals surface area contributed by atoms with Crippen molar-refractivity contribution in [2.45, 2.75) is 25.4 Å². The normalized spacial score (nSPS) is 15.3. The zero-order valence-corrected chi connectivity index (χ0v) is 19.3. The van der Waals surface area contributed by atoms with Gasteiger partial charge in [-0.2, -0.15) is 0 Å². The molecule has 180 valence electrons. The molecule has 1 N–H and O–H groups in total. The lowest BCUT2D eigenvalue weighted by molar-refractivity contribution is -0.121. The van der Waals surface area contributed by atoms with E-state index < -0.39 is 0 Å². The van der Waals surface area contributed by atoms with Gasteiger partial charge in [-0.15, -0.1) is 0 Å². The summed E-state index contributed by atoms with van der Waals surface area (Å²) in [7, 11) is 4.69. The SMILES string of the molecule is COCCNC(=O)CCN(CC1CCCO1)C(=O)c1cc(-c2cc(OC)ccc2OC)on1. The van der Waals surface area contributed by atoms with Crippen LogP contribution in [0.2, 0.25) is 0 Å². The number of nitrogens with zero attached hydrogens (tertiary/aromatic N) is 2. The van der Waals surface area contributed by atoms with Gasteiger partial charge in [0.15, 0.2) is 11.5 Å². The molecule has 1 aromatic heterocycles. The Balaban J connectivity index is 1.74. The van der Waals surface area contributed by atoms with Gasteiger partial charge in [0.1, 0.15) is 11.5 Å². The minimum atomic E-state index is -0.327. The Morgan fingerprint density at radius 3 is 2.76 bits per heavy atom. The fraction of sp³-hybridized carbons (Fsp3) is 0.522. The van der Waals surface area contributed by atoms with Crippen LogP contribution in [0.4, 0.5) is 0 Å². The van der Waals surface area contributed by atoms with Gasteiger partial charge >= 0.3 is 0 Å². The van der Waals surface area contributed by atoms with Gasteiger partial charge in [-0.05, 0) is 31.0 Å². The van der Waals surface area contributed by atoms with Crippen LogP contribution in [-0.2, 0) is 14.3 Å². The molecule has 2 aromatic rings. The molecule has 0 aliphatic carbocycles. The quantitative estimate of drug-likeness (QED) is 0.479. The Morgan fingerprint density at radius 1 is 1.21 bits per heavy atom. The van der Waals surface area contributed by atoms with Crippen molar-refractivity contribution in [1.29, 1.82) is 0 Å². The standard InChI is InChI=1S/C23H31N3O7/c1-29-12-9-24-22(27)8-10-26(15-17-5-4-11-32-17)23(28)19-14-21(33-25-19)18-13-16(30-2)6-7-20(18)31-3/h6-7,13-14,17H,4-5,8-12,15H2,1-3H3,(H,24,27). The van der Waals surface area contributed by atoms with Crippen LogP contribution in [0.3, 0.4) is 0 Å². The third-order valence-corrected chi connectivity index (χ3v) is 5.37. The zero-order chi connectivity index (χ0) is 23.6. The fourth-order valence-electron chi connectivity index (χ4n) is 3.60. The molecule has 10 nitrogen and oxygen atoms in total. The van der Waals surface area contributed by atoms with Crippen molar-refractivity contribution in [2.24, 2.45) is 0 Å². The van der Waals surface area contributed by atoms with Crippen molar-refractivity contribution in [1.82, 2.24) is 15.4 Å². The summed E-state index contributed by atoms with van der Waals surface area (Å²) in [4.78, 5) is 27.0. The number of rotatable bonds is 12. The molecule has 1 aliphatic rings. The van der Waals surface area contributed by atoms with Crippen molar-refractivity contribution in [3.8, 4) is 22.8 Å². The zero-order valence-electron chi connectivity index (χ0n) is 19.3. The summed E-state index contributed by atoms with van der Waals surface area (Å²) in [5.74, 6) is 1.08. The number of ether oxygens (including phenoxy) is 4. The molecule has 10 heteroatoms. The van der Waals surface area contributed by atoms with Crippen molar-refractivity contribution >= 4 is 11.8 Å². The number of hydrogen-bond donors (Lipinski definition) is 1. The lowest BCUT2D eigenvalue weighted by Gasteiger charge is -2.24. The predicted octanol–water partition coefficient (Wildman–Crippen LogP) is 2.13. The number of hydrogen-bond acceptors (Lipinski definition) is 8. The Kier molecular flexibility index (Phi) is 9.08. The average molecular weight is 462 g/mol. The summed E-state index contributed by atoms with van der Waals surface area (Å²) in [6, 6.07) is 6.85. The molecule has 1 aliphatic heterocycles. The Morgan fingerprint density at radius 2 is 2.06 bits per heavy atom. The number of methoxy groups -OCH3 is 3. The Hall–Kier alpha value is -3.11. The van der Waals surface area contributed by atoms with Crippen LogP contribution in [0.15, 0.2) is 28.8 Å². The molecule has 1 aromatic carbocycles. The lowest BCUT2D eigenvalue weighted by atomic mass is 10.1. The first-order valence-corrected chi connectivity index (χ1v) is 10.9. The number of benzene rings is 1. The first-order chi connectivity index (χ1) is 16.0. The van der Waals surface area contributed by atoms with Crippen LogP contribution in [0.1, 0.15) is 29.8 Å². The number of aromatic nitrogens is 1. The monoisotopic (exact) mass is 461 g/mol. The maximum absolute atomic E-state index is 13.3. The lowest BCUT2D eigenvalue weighted by Crippen LogP contribution is -2.40. The maximum Gasteiger partial charge on any atom is 0.276 e. The van der Waals surface area contributed by atoms with E-state index in [1.165, 1.54) is 0 Å². The highest BCUT2D eigenvalue weighted by molar-refractivity contribution is 5.93. The van der Waals surface area contributed by atoms with Crippen LogP contribution in [0.25, 0.3) is 11.3 Å². The second-order valence-corrected chi connectivity index (χ2v) is 7.62. The van der Waals surface area contributed by atoms with E-state index in [9.17, 15) is 9.59 Å². The number of nitrogens with one attached hydrogen (secondary N) is 1. The minimum Gasteiger partial charge on any atom is -0.497 e. The van der Waals surface area contributed by atoms with E-state index in [0.29, 0.717) is 49.1 Å². The second-order valence-electron chi connectivity index (χ2n) is 7.62. The smallest absolute Gasteiger partial charge is 0.276 e. The van der Waals surface area contributed by atoms with Crippen molar-refractivity contribution in [3.63, 3.8) is 0 Å². The summed E-state index contributed by atoms with van der Waals surface area (Å²) in [6.07, 6.45) is 1.93. The van der Waals surface area contributed by atoms with E-state index >= 15 is 0 Å². The van der Waals surface area contributed by atoms with Crippen LogP contribution in [0.5, 0.6) is 11.5 Å². The number of carbonyl (C=O) groups excluding carboxylic acids is 2. The minimum absolute atomic E-state index is 0.0599. The maximum atomic E-state index is 13.3. The van der Waals surface area contributed by atoms with E-state index in [1.807, 2.05) is 0 Å². The van der Waals surface area contributed by atoms with E-state index in [4.69, 9.17) is 23.5 Å². The van der Waals surface area contributed by atoms with Gasteiger partial charge in [-0.25, -0.2) is 0 Å². The largest absolute Gasteiger partial charge is 0.497 e. The van der Waals surface area contributed by atoms with E-state index in [0.717, 1.165) is 12.8 Å². The van der Waals surface area contributed by atoms with Gasteiger partial charge in [-0.3, -0.25) is 9.59 Å². The van der Waals surface area contributed by atoms with Crippen LogP contribution >= 0.6 is 0 Å². The van der Waals surface area contributed by atoms with Crippen molar-refractivity contribution in [2.75, 3.05) is 54.2 Å². The molecule has 1 atom stereocenters. The molecule has 3 rings (SSSR count). The molecular formula is C23H31N3O7. The van der Waals surface area contributed by atoms with Gasteiger partial charge in [-0.1, -0.05) is 5.16 Å². The highest BCUT2D eigenvalue weighted by Crippen LogP contribution is 2.34. The molecule has 2 heterocycles. The molecule has 33 heavy (non-hydrogen) atoms. The van der Waals surface area contributed by atoms with E-state index in [1.54, 1.807) is 50.5 Å². The fourth-order valence-corrected chi connectivity index (χ4v) is 3.60. The summed E-state index contributed by atoms with van der Waals surface area (Å²) in [5, 5.41) is 6.75. The highest BCUT2D eigenvalue weighted by atomic mass is 16.5. The average Bonchev–Trinajstić information content (AvgIpc) is 3.53. The summed E-state index contributed by atoms with van der Waals surface area (Å²) >= 11 is 0. The van der Waals surface area contributed by atoms with Crippen molar-refractivity contribution in [3.05, 3.63) is 30.0 Å². The first kappa shape index (κ1) is 24.5. The van der Waals surface area contributed by atoms with Gasteiger partial charge in [0.25, 0.3) is 5.91 Å². The summed E-state index contributed by atoms with van der Waals surface area (Å²) in [6.45, 7) is 2.15. The van der Waals surface area contributed by atoms with Gasteiger partial charge < -0.3 is 33.7 Å². The van der Waals surface area contributed by atoms with Gasteiger partial charge in [0.2, 0.25) is 5.91 Å². The highest BCUT2D eigenvalue weighted by Gasteiger charge is 2.26. The third kappa shape index (κ3) is 6.69. The molecule has 0 saturated carbocycles. The van der Waals surface area contributed by atoms with Gasteiger partial charge in [0.05, 0.1) is 32.5 Å². The molecule has 1 fully saturated rings. The Labute approximate surface area is 193 Å². The molecular weight excluding hydrogens is 430 g/mol. The van der Waals surface area contributed by atoms with Crippen LogP contribution in [-0.4, -0.2) is 82.2 Å². The Bertz CT molecular complexity index is 925. The second kappa shape index (κ2) is 12.2. The van der Waals surface area contributed by atoms with Crippen LogP contribution < -0.4 is 14.8 Å². The molecule has 0 spiro atoms. The van der Waals surface area contributed by atoms with Gasteiger partial charge in [0, 0.05) is 45.8 Å². The summed E-state index contributed by atoms with van der Waals surface area (Å²) in [5.41, 5.74) is 0.763. The molecule has 0 radical (unpaired) electrons. The van der Waals surface area contributed by atoms with E-state index in [2.05, 4.69) is 10.5 Å². The number of carbonyl (C=O) groups is 2.